The number of hydrogen-bond acceptors (Lipinski definition) is 2. The van der Waals surface area contributed by atoms with Crippen molar-refractivity contribution >= 4 is 12.4 Å². The van der Waals surface area contributed by atoms with E-state index in [9.17, 15) is 0 Å². The summed E-state index contributed by atoms with van der Waals surface area (Å²) in [5, 5.41) is 3.45. The quantitative estimate of drug-likeness (QED) is 0.637. The maximum atomic E-state index is 5.71. The molecule has 0 aromatic heterocycles. The van der Waals surface area contributed by atoms with Gasteiger partial charge in [0, 0.05) is 11.5 Å². The Labute approximate surface area is 81.5 Å². The summed E-state index contributed by atoms with van der Waals surface area (Å²) in [6, 6.07) is 0.485. The third-order valence-electron chi connectivity index (χ3n) is 2.58. The second-order valence-electron chi connectivity index (χ2n) is 4.64. The van der Waals surface area contributed by atoms with E-state index in [1.807, 2.05) is 0 Å². The van der Waals surface area contributed by atoms with Gasteiger partial charge in [-0.2, -0.15) is 0 Å². The molecule has 2 nitrogen and oxygen atoms in total. The van der Waals surface area contributed by atoms with Crippen molar-refractivity contribution in [2.24, 2.45) is 5.41 Å². The first-order valence-corrected chi connectivity index (χ1v) is 4.27. The zero-order valence-corrected chi connectivity index (χ0v) is 9.42. The van der Waals surface area contributed by atoms with Crippen LogP contribution >= 0.6 is 12.4 Å². The monoisotopic (exact) mass is 193 g/mol. The van der Waals surface area contributed by atoms with Crippen LogP contribution in [0, 0.1) is 5.41 Å². The van der Waals surface area contributed by atoms with Crippen molar-refractivity contribution < 1.29 is 4.74 Å². The highest BCUT2D eigenvalue weighted by Crippen LogP contribution is 2.34. The lowest BCUT2D eigenvalue weighted by Crippen LogP contribution is -2.50. The van der Waals surface area contributed by atoms with Crippen LogP contribution in [0.25, 0.3) is 0 Å². The molecule has 2 atom stereocenters. The molecule has 1 rings (SSSR count). The van der Waals surface area contributed by atoms with Gasteiger partial charge in [-0.1, -0.05) is 20.8 Å². The minimum absolute atomic E-state index is 0. The molecule has 0 amide bonds. The van der Waals surface area contributed by atoms with Crippen LogP contribution in [-0.2, 0) is 4.74 Å². The van der Waals surface area contributed by atoms with Gasteiger partial charge in [-0.15, -0.1) is 12.4 Å². The molecular weight excluding hydrogens is 174 g/mol. The molecule has 0 aromatic carbocycles. The first-order chi connectivity index (χ1) is 4.85. The Kier molecular flexibility index (Phi) is 3.59. The normalized spacial score (nSPS) is 36.2. The summed E-state index contributed by atoms with van der Waals surface area (Å²) < 4.78 is 5.71. The highest BCUT2D eigenvalue weighted by atomic mass is 35.5. The Hall–Kier alpha value is 0.210. The molecule has 1 fully saturated rings. The average Bonchev–Trinajstić information content (AvgIpc) is 2.10. The Bertz CT molecular complexity index is 155. The fourth-order valence-corrected chi connectivity index (χ4v) is 1.28. The maximum absolute atomic E-state index is 5.71. The molecule has 1 N–H and O–H groups in total. The van der Waals surface area contributed by atoms with Crippen molar-refractivity contribution in [1.29, 1.82) is 0 Å². The largest absolute Gasteiger partial charge is 0.359 e. The van der Waals surface area contributed by atoms with Gasteiger partial charge in [0.1, 0.15) is 5.72 Å². The van der Waals surface area contributed by atoms with Crippen LogP contribution in [0.2, 0.25) is 0 Å². The van der Waals surface area contributed by atoms with Gasteiger partial charge in [-0.25, -0.2) is 0 Å². The third-order valence-corrected chi connectivity index (χ3v) is 2.58. The summed E-state index contributed by atoms with van der Waals surface area (Å²) in [5.41, 5.74) is 0.0180. The summed E-state index contributed by atoms with van der Waals surface area (Å²) in [4.78, 5) is 0. The lowest BCUT2D eigenvalue weighted by molar-refractivity contribution is -0.0766. The highest BCUT2D eigenvalue weighted by Gasteiger charge is 2.43. The van der Waals surface area contributed by atoms with Gasteiger partial charge in [-0.05, 0) is 13.8 Å². The van der Waals surface area contributed by atoms with E-state index in [0.717, 1.165) is 6.61 Å². The molecule has 12 heavy (non-hydrogen) atoms. The molecule has 2 unspecified atom stereocenters. The topological polar surface area (TPSA) is 21.3 Å². The smallest absolute Gasteiger partial charge is 0.121 e. The molecule has 1 aliphatic heterocycles. The first kappa shape index (κ1) is 12.2. The van der Waals surface area contributed by atoms with E-state index in [2.05, 4.69) is 39.9 Å². The van der Waals surface area contributed by atoms with E-state index in [1.165, 1.54) is 0 Å². The van der Waals surface area contributed by atoms with Crippen molar-refractivity contribution in [2.75, 3.05) is 6.61 Å². The first-order valence-electron chi connectivity index (χ1n) is 4.27. The van der Waals surface area contributed by atoms with Crippen LogP contribution in [0.5, 0.6) is 0 Å². The van der Waals surface area contributed by atoms with Crippen LogP contribution in [0.15, 0.2) is 0 Å². The lowest BCUT2D eigenvalue weighted by Gasteiger charge is -2.37. The molecule has 1 saturated heterocycles. The standard InChI is InChI=1S/C9H19NO.ClH/c1-7-6-11-9(5,10-7)8(2,3)4;/h7,10H,6H2,1-5H3;1H. The second-order valence-corrected chi connectivity index (χ2v) is 4.64. The summed E-state index contributed by atoms with van der Waals surface area (Å²) in [6.45, 7) is 11.7. The Morgan fingerprint density at radius 2 is 1.92 bits per heavy atom. The summed E-state index contributed by atoms with van der Waals surface area (Å²) in [5.74, 6) is 0. The van der Waals surface area contributed by atoms with Crippen molar-refractivity contribution in [3.8, 4) is 0 Å². The minimum Gasteiger partial charge on any atom is -0.359 e. The van der Waals surface area contributed by atoms with Gasteiger partial charge in [0.25, 0.3) is 0 Å². The summed E-state index contributed by atoms with van der Waals surface area (Å²) in [6.07, 6.45) is 0. The molecule has 0 aromatic rings. The van der Waals surface area contributed by atoms with Crippen LogP contribution in [-0.4, -0.2) is 18.4 Å². The van der Waals surface area contributed by atoms with Gasteiger partial charge in [0.05, 0.1) is 6.61 Å². The summed E-state index contributed by atoms with van der Waals surface area (Å²) in [7, 11) is 0. The lowest BCUT2D eigenvalue weighted by atomic mass is 9.84. The molecule has 3 heteroatoms. The third kappa shape index (κ3) is 2.12. The van der Waals surface area contributed by atoms with Gasteiger partial charge >= 0.3 is 0 Å². The van der Waals surface area contributed by atoms with Crippen molar-refractivity contribution in [1.82, 2.24) is 5.32 Å². The SMILES string of the molecule is CC1COC(C)(C(C)(C)C)N1.Cl. The van der Waals surface area contributed by atoms with E-state index < -0.39 is 0 Å². The van der Waals surface area contributed by atoms with E-state index >= 15 is 0 Å². The van der Waals surface area contributed by atoms with Gasteiger partial charge in [0.2, 0.25) is 0 Å². The van der Waals surface area contributed by atoms with E-state index in [1.54, 1.807) is 0 Å². The summed E-state index contributed by atoms with van der Waals surface area (Å²) >= 11 is 0. The molecule has 1 aliphatic rings. The molecule has 74 valence electrons. The molecule has 0 bridgehead atoms. The fraction of sp³-hybridized carbons (Fsp3) is 1.00. The Morgan fingerprint density at radius 1 is 1.42 bits per heavy atom. The van der Waals surface area contributed by atoms with E-state index in [4.69, 9.17) is 4.74 Å². The molecular formula is C9H20ClNO. The van der Waals surface area contributed by atoms with Crippen LogP contribution in [0.1, 0.15) is 34.6 Å². The number of nitrogens with one attached hydrogen (secondary N) is 1. The minimum atomic E-state index is -0.146. The zero-order valence-electron chi connectivity index (χ0n) is 8.60. The van der Waals surface area contributed by atoms with Crippen molar-refractivity contribution in [3.63, 3.8) is 0 Å². The molecule has 0 saturated carbocycles. The van der Waals surface area contributed by atoms with E-state index in [0.29, 0.717) is 6.04 Å². The second kappa shape index (κ2) is 3.52. The zero-order chi connectivity index (χ0) is 8.70. The Balaban J connectivity index is 0.00000121. The molecule has 0 spiro atoms. The van der Waals surface area contributed by atoms with Crippen LogP contribution in [0.3, 0.4) is 0 Å². The number of halogens is 1. The number of rotatable bonds is 0. The predicted octanol–water partition coefficient (Wildman–Crippen LogP) is 2.18. The molecule has 0 radical (unpaired) electrons. The fourth-order valence-electron chi connectivity index (χ4n) is 1.28. The Morgan fingerprint density at radius 3 is 2.08 bits per heavy atom. The predicted molar refractivity (Wildman–Crippen MR) is 53.7 cm³/mol. The van der Waals surface area contributed by atoms with Gasteiger partial charge < -0.3 is 4.74 Å². The highest BCUT2D eigenvalue weighted by molar-refractivity contribution is 5.85. The van der Waals surface area contributed by atoms with Gasteiger partial charge in [-0.3, -0.25) is 5.32 Å². The maximum Gasteiger partial charge on any atom is 0.121 e. The number of hydrogen-bond donors (Lipinski definition) is 1. The molecule has 0 aliphatic carbocycles. The molecule has 1 heterocycles. The van der Waals surface area contributed by atoms with Crippen LogP contribution < -0.4 is 5.32 Å². The van der Waals surface area contributed by atoms with Crippen molar-refractivity contribution in [2.45, 2.75) is 46.4 Å². The van der Waals surface area contributed by atoms with Gasteiger partial charge in [0.15, 0.2) is 0 Å². The van der Waals surface area contributed by atoms with E-state index in [-0.39, 0.29) is 23.5 Å². The number of ether oxygens (including phenoxy) is 1. The van der Waals surface area contributed by atoms with Crippen molar-refractivity contribution in [3.05, 3.63) is 0 Å². The average molecular weight is 194 g/mol. The van der Waals surface area contributed by atoms with Crippen LogP contribution in [0.4, 0.5) is 0 Å².